The van der Waals surface area contributed by atoms with Crippen molar-refractivity contribution in [1.29, 1.82) is 0 Å². The van der Waals surface area contributed by atoms with Crippen LogP contribution >= 0.6 is 0 Å². The summed E-state index contributed by atoms with van der Waals surface area (Å²) in [5, 5.41) is 2.34. The quantitative estimate of drug-likeness (QED) is 0.687. The number of amides is 2. The first-order chi connectivity index (χ1) is 7.09. The predicted octanol–water partition coefficient (Wildman–Crippen LogP) is -0.0303. The minimum Gasteiger partial charge on any atom is -0.361 e. The van der Waals surface area contributed by atoms with E-state index in [1.165, 1.54) is 12.1 Å². The molecular formula is C10H11FN2O2. The third kappa shape index (κ3) is 3.76. The maximum atomic E-state index is 12.5. The molecule has 15 heavy (non-hydrogen) atoms. The molecule has 1 rings (SSSR count). The zero-order chi connectivity index (χ0) is 11.3. The highest BCUT2D eigenvalue weighted by molar-refractivity contribution is 6.34. The standard InChI is InChI=1S/C10H11FN2O2/c11-8-3-1-7(2-4-8)5-6-13-10(15)9(12)14/h1-4H,5-6H2,(H2,12,14)(H,13,15). The van der Waals surface area contributed by atoms with Crippen LogP contribution in [0.1, 0.15) is 5.56 Å². The van der Waals surface area contributed by atoms with E-state index in [0.29, 0.717) is 13.0 Å². The molecule has 4 nitrogen and oxygen atoms in total. The summed E-state index contributed by atoms with van der Waals surface area (Å²) in [5.41, 5.74) is 5.61. The fourth-order valence-electron chi connectivity index (χ4n) is 1.06. The lowest BCUT2D eigenvalue weighted by molar-refractivity contribution is -0.137. The van der Waals surface area contributed by atoms with Gasteiger partial charge < -0.3 is 11.1 Å². The second kappa shape index (κ2) is 5.09. The van der Waals surface area contributed by atoms with Crippen molar-refractivity contribution in [3.63, 3.8) is 0 Å². The number of hydrogen-bond acceptors (Lipinski definition) is 2. The van der Waals surface area contributed by atoms with Gasteiger partial charge in [0, 0.05) is 6.54 Å². The first-order valence-electron chi connectivity index (χ1n) is 4.41. The number of carbonyl (C=O) groups is 2. The smallest absolute Gasteiger partial charge is 0.309 e. The van der Waals surface area contributed by atoms with Crippen molar-refractivity contribution in [3.05, 3.63) is 35.6 Å². The van der Waals surface area contributed by atoms with E-state index in [-0.39, 0.29) is 5.82 Å². The first-order valence-corrected chi connectivity index (χ1v) is 4.41. The Labute approximate surface area is 86.3 Å². The number of halogens is 1. The predicted molar refractivity (Wildman–Crippen MR) is 52.3 cm³/mol. The van der Waals surface area contributed by atoms with Crippen LogP contribution < -0.4 is 11.1 Å². The van der Waals surface area contributed by atoms with Crippen LogP contribution in [0.25, 0.3) is 0 Å². The van der Waals surface area contributed by atoms with Crippen molar-refractivity contribution >= 4 is 11.8 Å². The molecule has 0 saturated heterocycles. The van der Waals surface area contributed by atoms with E-state index in [0.717, 1.165) is 5.56 Å². The minimum absolute atomic E-state index is 0.299. The van der Waals surface area contributed by atoms with E-state index in [1.807, 2.05) is 0 Å². The lowest BCUT2D eigenvalue weighted by atomic mass is 10.1. The van der Waals surface area contributed by atoms with Gasteiger partial charge >= 0.3 is 11.8 Å². The van der Waals surface area contributed by atoms with Gasteiger partial charge in [-0.1, -0.05) is 12.1 Å². The number of hydrogen-bond donors (Lipinski definition) is 2. The summed E-state index contributed by atoms with van der Waals surface area (Å²) < 4.78 is 12.5. The van der Waals surface area contributed by atoms with Gasteiger partial charge in [-0.25, -0.2) is 4.39 Å². The maximum absolute atomic E-state index is 12.5. The van der Waals surface area contributed by atoms with Gasteiger partial charge in [0.2, 0.25) is 0 Å². The highest BCUT2D eigenvalue weighted by Crippen LogP contribution is 2.02. The minimum atomic E-state index is -1.01. The van der Waals surface area contributed by atoms with Gasteiger partial charge in [-0.05, 0) is 24.1 Å². The second-order valence-electron chi connectivity index (χ2n) is 3.00. The molecule has 2 amide bonds. The third-order valence-electron chi connectivity index (χ3n) is 1.84. The van der Waals surface area contributed by atoms with E-state index >= 15 is 0 Å². The van der Waals surface area contributed by atoms with Crippen LogP contribution in [0.2, 0.25) is 0 Å². The Kier molecular flexibility index (Phi) is 3.79. The van der Waals surface area contributed by atoms with Crippen LogP contribution in [0.5, 0.6) is 0 Å². The van der Waals surface area contributed by atoms with Gasteiger partial charge in [-0.3, -0.25) is 9.59 Å². The molecule has 80 valence electrons. The zero-order valence-electron chi connectivity index (χ0n) is 8.00. The fraction of sp³-hybridized carbons (Fsp3) is 0.200. The lowest BCUT2D eigenvalue weighted by Crippen LogP contribution is -2.37. The van der Waals surface area contributed by atoms with Crippen molar-refractivity contribution in [2.45, 2.75) is 6.42 Å². The van der Waals surface area contributed by atoms with Crippen LogP contribution in [0.3, 0.4) is 0 Å². The number of nitrogens with two attached hydrogens (primary N) is 1. The van der Waals surface area contributed by atoms with Crippen molar-refractivity contribution < 1.29 is 14.0 Å². The van der Waals surface area contributed by atoms with Crippen molar-refractivity contribution in [2.24, 2.45) is 5.73 Å². The molecule has 0 aliphatic heterocycles. The van der Waals surface area contributed by atoms with E-state index in [1.54, 1.807) is 12.1 Å². The SMILES string of the molecule is NC(=O)C(=O)NCCc1ccc(F)cc1. The Morgan fingerprint density at radius 3 is 2.40 bits per heavy atom. The van der Waals surface area contributed by atoms with Gasteiger partial charge in [0.1, 0.15) is 5.82 Å². The summed E-state index contributed by atoms with van der Waals surface area (Å²) in [5.74, 6) is -2.12. The largest absolute Gasteiger partial charge is 0.361 e. The molecule has 3 N–H and O–H groups in total. The van der Waals surface area contributed by atoms with Crippen molar-refractivity contribution in [2.75, 3.05) is 6.54 Å². The molecule has 0 bridgehead atoms. The monoisotopic (exact) mass is 210 g/mol. The van der Waals surface area contributed by atoms with E-state index in [4.69, 9.17) is 5.73 Å². The molecule has 0 aliphatic carbocycles. The molecular weight excluding hydrogens is 199 g/mol. The fourth-order valence-corrected chi connectivity index (χ4v) is 1.06. The Hall–Kier alpha value is -1.91. The van der Waals surface area contributed by atoms with Gasteiger partial charge in [0.15, 0.2) is 0 Å². The average molecular weight is 210 g/mol. The van der Waals surface area contributed by atoms with E-state index < -0.39 is 11.8 Å². The van der Waals surface area contributed by atoms with Crippen LogP contribution in [0.15, 0.2) is 24.3 Å². The van der Waals surface area contributed by atoms with Gasteiger partial charge in [-0.15, -0.1) is 0 Å². The Balaban J connectivity index is 2.35. The van der Waals surface area contributed by atoms with E-state index in [9.17, 15) is 14.0 Å². The molecule has 0 heterocycles. The molecule has 0 atom stereocenters. The topological polar surface area (TPSA) is 72.2 Å². The summed E-state index contributed by atoms with van der Waals surface area (Å²) in [6, 6.07) is 5.91. The molecule has 1 aromatic rings. The molecule has 1 aromatic carbocycles. The zero-order valence-corrected chi connectivity index (χ0v) is 8.00. The summed E-state index contributed by atoms with van der Waals surface area (Å²) in [6.07, 6.45) is 0.527. The molecule has 0 aliphatic rings. The molecule has 0 aromatic heterocycles. The Morgan fingerprint density at radius 1 is 1.27 bits per heavy atom. The molecule has 0 fully saturated rings. The normalized spacial score (nSPS) is 9.67. The number of benzene rings is 1. The van der Waals surface area contributed by atoms with Crippen molar-refractivity contribution in [3.8, 4) is 0 Å². The molecule has 0 radical (unpaired) electrons. The highest BCUT2D eigenvalue weighted by atomic mass is 19.1. The van der Waals surface area contributed by atoms with Crippen LogP contribution in [0, 0.1) is 5.82 Å². The number of rotatable bonds is 3. The van der Waals surface area contributed by atoms with Crippen molar-refractivity contribution in [1.82, 2.24) is 5.32 Å². The number of nitrogens with one attached hydrogen (secondary N) is 1. The third-order valence-corrected chi connectivity index (χ3v) is 1.84. The summed E-state index contributed by atoms with van der Waals surface area (Å²) in [6.45, 7) is 0.299. The number of carbonyl (C=O) groups excluding carboxylic acids is 2. The summed E-state index contributed by atoms with van der Waals surface area (Å²) in [4.78, 5) is 21.1. The van der Waals surface area contributed by atoms with Crippen LogP contribution in [0.4, 0.5) is 4.39 Å². The lowest BCUT2D eigenvalue weighted by Gasteiger charge is -2.02. The number of primary amides is 1. The summed E-state index contributed by atoms with van der Waals surface area (Å²) >= 11 is 0. The van der Waals surface area contributed by atoms with Crippen LogP contribution in [-0.2, 0) is 16.0 Å². The Bertz CT molecular complexity index is 362. The average Bonchev–Trinajstić information content (AvgIpc) is 2.20. The molecule has 5 heteroatoms. The maximum Gasteiger partial charge on any atom is 0.309 e. The first kappa shape index (κ1) is 11.2. The molecule has 0 saturated carbocycles. The van der Waals surface area contributed by atoms with Gasteiger partial charge in [0.05, 0.1) is 0 Å². The second-order valence-corrected chi connectivity index (χ2v) is 3.00. The van der Waals surface area contributed by atoms with E-state index in [2.05, 4.69) is 5.32 Å². The Morgan fingerprint density at radius 2 is 1.87 bits per heavy atom. The highest BCUT2D eigenvalue weighted by Gasteiger charge is 2.06. The van der Waals surface area contributed by atoms with Crippen LogP contribution in [-0.4, -0.2) is 18.4 Å². The summed E-state index contributed by atoms with van der Waals surface area (Å²) in [7, 11) is 0. The van der Waals surface area contributed by atoms with Gasteiger partial charge in [-0.2, -0.15) is 0 Å². The molecule has 0 spiro atoms. The molecule has 0 unspecified atom stereocenters. The van der Waals surface area contributed by atoms with Gasteiger partial charge in [0.25, 0.3) is 0 Å².